The van der Waals surface area contributed by atoms with Crippen LogP contribution in [0, 0.1) is 13.8 Å². The summed E-state index contributed by atoms with van der Waals surface area (Å²) in [7, 11) is 0. The van der Waals surface area contributed by atoms with Crippen molar-refractivity contribution in [1.29, 1.82) is 0 Å². The van der Waals surface area contributed by atoms with E-state index in [1.54, 1.807) is 12.1 Å². The first-order valence-corrected chi connectivity index (χ1v) is 8.38. The van der Waals surface area contributed by atoms with Gasteiger partial charge in [0.05, 0.1) is 0 Å². The molecule has 0 bridgehead atoms. The third kappa shape index (κ3) is 2.15. The Morgan fingerprint density at radius 2 is 1.12 bits per heavy atom. The van der Waals surface area contributed by atoms with E-state index >= 15 is 0 Å². The zero-order valence-electron chi connectivity index (χ0n) is 14.6. The topological polar surface area (TPSA) is 86.2 Å². The van der Waals surface area contributed by atoms with Gasteiger partial charge in [0.25, 0.3) is 0 Å². The highest BCUT2D eigenvalue weighted by Gasteiger charge is 2.18. The Bertz CT molecular complexity index is 1160. The van der Waals surface area contributed by atoms with Crippen molar-refractivity contribution in [3.05, 3.63) is 70.8 Å². The lowest BCUT2D eigenvalue weighted by molar-refractivity contribution is 0.0994. The summed E-state index contributed by atoms with van der Waals surface area (Å²) >= 11 is 0. The monoisotopic (exact) mass is 342 g/mol. The minimum absolute atomic E-state index is 0.444. The van der Waals surface area contributed by atoms with Crippen molar-refractivity contribution in [1.82, 2.24) is 0 Å². The fourth-order valence-electron chi connectivity index (χ4n) is 3.92. The maximum absolute atomic E-state index is 12.0. The van der Waals surface area contributed by atoms with Gasteiger partial charge in [-0.25, -0.2) is 0 Å². The molecule has 0 aliphatic heterocycles. The maximum Gasteiger partial charge on any atom is 0.249 e. The van der Waals surface area contributed by atoms with Crippen LogP contribution in [0.3, 0.4) is 0 Å². The van der Waals surface area contributed by atoms with Gasteiger partial charge in [0.1, 0.15) is 0 Å². The molecule has 0 spiro atoms. The van der Waals surface area contributed by atoms with Crippen LogP contribution < -0.4 is 11.5 Å². The minimum Gasteiger partial charge on any atom is -0.366 e. The molecule has 4 N–H and O–H groups in total. The molecule has 26 heavy (non-hydrogen) atoms. The first-order chi connectivity index (χ1) is 12.4. The first kappa shape index (κ1) is 16.1. The number of nitrogens with two attached hydrogens (primary N) is 2. The first-order valence-electron chi connectivity index (χ1n) is 8.38. The molecule has 0 fully saturated rings. The van der Waals surface area contributed by atoms with Crippen molar-refractivity contribution >= 4 is 44.1 Å². The molecule has 2 amide bonds. The van der Waals surface area contributed by atoms with Gasteiger partial charge < -0.3 is 11.5 Å². The highest BCUT2D eigenvalue weighted by molar-refractivity contribution is 6.28. The zero-order valence-corrected chi connectivity index (χ0v) is 14.6. The molecule has 128 valence electrons. The van der Waals surface area contributed by atoms with Crippen LogP contribution in [0.25, 0.3) is 32.3 Å². The summed E-state index contributed by atoms with van der Waals surface area (Å²) in [5, 5.41) is 5.41. The number of aryl methyl sites for hydroxylation is 2. The molecule has 4 heteroatoms. The predicted molar refractivity (Wildman–Crippen MR) is 105 cm³/mol. The average Bonchev–Trinajstić information content (AvgIpc) is 2.60. The Morgan fingerprint density at radius 1 is 0.692 bits per heavy atom. The van der Waals surface area contributed by atoms with Gasteiger partial charge in [-0.3, -0.25) is 9.59 Å². The second kappa shape index (κ2) is 5.56. The largest absolute Gasteiger partial charge is 0.366 e. The number of benzene rings is 4. The molecule has 0 aromatic heterocycles. The van der Waals surface area contributed by atoms with E-state index in [9.17, 15) is 9.59 Å². The fraction of sp³-hybridized carbons (Fsp3) is 0.0909. The van der Waals surface area contributed by atoms with Crippen LogP contribution in [0.5, 0.6) is 0 Å². The van der Waals surface area contributed by atoms with Crippen molar-refractivity contribution in [2.45, 2.75) is 13.8 Å². The quantitative estimate of drug-likeness (QED) is 0.540. The molecule has 0 aliphatic rings. The summed E-state index contributed by atoms with van der Waals surface area (Å²) < 4.78 is 0. The van der Waals surface area contributed by atoms with Crippen LogP contribution in [0.4, 0.5) is 0 Å². The second-order valence-corrected chi connectivity index (χ2v) is 6.67. The van der Waals surface area contributed by atoms with E-state index in [0.29, 0.717) is 11.1 Å². The smallest absolute Gasteiger partial charge is 0.249 e. The number of carbonyl (C=O) groups is 2. The Morgan fingerprint density at radius 3 is 1.50 bits per heavy atom. The number of rotatable bonds is 2. The molecule has 0 radical (unpaired) electrons. The van der Waals surface area contributed by atoms with Crippen LogP contribution in [0.1, 0.15) is 31.8 Å². The van der Waals surface area contributed by atoms with Crippen molar-refractivity contribution in [3.63, 3.8) is 0 Å². The lowest BCUT2D eigenvalue weighted by atomic mass is 9.87. The Hall–Kier alpha value is -3.40. The van der Waals surface area contributed by atoms with Crippen molar-refractivity contribution in [2.75, 3.05) is 0 Å². The lowest BCUT2D eigenvalue weighted by Crippen LogP contribution is -2.13. The molecule has 0 atom stereocenters. The van der Waals surface area contributed by atoms with E-state index in [4.69, 9.17) is 11.5 Å². The summed E-state index contributed by atoms with van der Waals surface area (Å²) in [5.41, 5.74) is 14.2. The average molecular weight is 342 g/mol. The van der Waals surface area contributed by atoms with Crippen LogP contribution in [0.2, 0.25) is 0 Å². The summed E-state index contributed by atoms with van der Waals surface area (Å²) in [5.74, 6) is -0.985. The molecule has 0 heterocycles. The van der Waals surface area contributed by atoms with Crippen LogP contribution in [-0.2, 0) is 0 Å². The highest BCUT2D eigenvalue weighted by atomic mass is 16.1. The number of amides is 2. The predicted octanol–water partition coefficient (Wildman–Crippen LogP) is 3.96. The van der Waals surface area contributed by atoms with Gasteiger partial charge in [0.2, 0.25) is 11.8 Å². The SMILES string of the molecule is Cc1cccc2c(C(N)=O)cc3cc(C(N)=O)c4cccc(C)c4c3c12. The molecular formula is C22H18N2O2. The van der Waals surface area contributed by atoms with Crippen molar-refractivity contribution in [3.8, 4) is 0 Å². The van der Waals surface area contributed by atoms with Gasteiger partial charge >= 0.3 is 0 Å². The molecule has 4 aromatic rings. The van der Waals surface area contributed by atoms with Crippen LogP contribution in [0.15, 0.2) is 48.5 Å². The van der Waals surface area contributed by atoms with E-state index in [2.05, 4.69) is 0 Å². The Balaban J connectivity index is 2.42. The van der Waals surface area contributed by atoms with Gasteiger partial charge in [-0.2, -0.15) is 0 Å². The van der Waals surface area contributed by atoms with Gasteiger partial charge in [-0.1, -0.05) is 36.4 Å². The highest BCUT2D eigenvalue weighted by Crippen LogP contribution is 2.38. The molecule has 0 unspecified atom stereocenters. The maximum atomic E-state index is 12.0. The number of carbonyl (C=O) groups excluding carboxylic acids is 2. The molecular weight excluding hydrogens is 324 g/mol. The van der Waals surface area contributed by atoms with E-state index in [1.165, 1.54) is 0 Å². The normalized spacial score (nSPS) is 11.3. The van der Waals surface area contributed by atoms with Gasteiger partial charge in [-0.15, -0.1) is 0 Å². The van der Waals surface area contributed by atoms with Crippen LogP contribution in [-0.4, -0.2) is 11.8 Å². The summed E-state index contributed by atoms with van der Waals surface area (Å²) in [6, 6.07) is 15.2. The van der Waals surface area contributed by atoms with E-state index in [-0.39, 0.29) is 0 Å². The van der Waals surface area contributed by atoms with Crippen molar-refractivity contribution < 1.29 is 9.59 Å². The minimum atomic E-state index is -0.493. The number of primary amides is 2. The summed E-state index contributed by atoms with van der Waals surface area (Å²) in [6.07, 6.45) is 0. The lowest BCUT2D eigenvalue weighted by Gasteiger charge is -2.16. The van der Waals surface area contributed by atoms with E-state index in [0.717, 1.165) is 43.4 Å². The zero-order chi connectivity index (χ0) is 18.6. The second-order valence-electron chi connectivity index (χ2n) is 6.67. The standard InChI is InChI=1S/C22H18N2O2/c1-11-5-3-7-14-16(21(23)25)9-13-10-17(22(24)26)15-8-4-6-12(2)19(15)20(13)18(11)14/h3-10H,1-2H3,(H2,23,25)(H2,24,26). The van der Waals surface area contributed by atoms with Crippen molar-refractivity contribution in [2.24, 2.45) is 11.5 Å². The molecule has 4 rings (SSSR count). The van der Waals surface area contributed by atoms with Gasteiger partial charge in [0, 0.05) is 11.1 Å². The van der Waals surface area contributed by atoms with Crippen LogP contribution >= 0.6 is 0 Å². The molecule has 0 saturated heterocycles. The van der Waals surface area contributed by atoms with Gasteiger partial charge in [-0.05, 0) is 69.4 Å². The van der Waals surface area contributed by atoms with Gasteiger partial charge in [0.15, 0.2) is 0 Å². The Labute approximate surface area is 150 Å². The number of hydrogen-bond acceptors (Lipinski definition) is 2. The third-order valence-corrected chi connectivity index (χ3v) is 5.05. The number of hydrogen-bond donors (Lipinski definition) is 2. The summed E-state index contributed by atoms with van der Waals surface area (Å²) in [6.45, 7) is 4.03. The Kier molecular flexibility index (Phi) is 3.44. The van der Waals surface area contributed by atoms with E-state index < -0.39 is 11.8 Å². The summed E-state index contributed by atoms with van der Waals surface area (Å²) in [4.78, 5) is 24.1. The fourth-order valence-corrected chi connectivity index (χ4v) is 3.92. The van der Waals surface area contributed by atoms with E-state index in [1.807, 2.05) is 50.2 Å². The number of fused-ring (bicyclic) bond motifs is 5. The molecule has 4 aromatic carbocycles. The molecule has 0 aliphatic carbocycles. The molecule has 0 saturated carbocycles. The molecule has 4 nitrogen and oxygen atoms in total. The third-order valence-electron chi connectivity index (χ3n) is 5.05.